The van der Waals surface area contributed by atoms with Crippen molar-refractivity contribution in [3.05, 3.63) is 42.2 Å². The van der Waals surface area contributed by atoms with E-state index in [0.717, 1.165) is 0 Å². The Kier molecular flexibility index (Phi) is 2.87. The molecule has 0 fully saturated rings. The Hall–Kier alpha value is -2.63. The van der Waals surface area contributed by atoms with Gasteiger partial charge >= 0.3 is 5.97 Å². The van der Waals surface area contributed by atoms with Crippen molar-refractivity contribution < 1.29 is 15.0 Å². The van der Waals surface area contributed by atoms with Gasteiger partial charge in [0.2, 0.25) is 5.95 Å². The minimum atomic E-state index is -1.13. The molecule has 0 bridgehead atoms. The van der Waals surface area contributed by atoms with Crippen LogP contribution in [0.15, 0.2) is 36.5 Å². The molecule has 6 heteroatoms. The van der Waals surface area contributed by atoms with Crippen molar-refractivity contribution in [3.8, 4) is 5.75 Å². The third kappa shape index (κ3) is 2.49. The van der Waals surface area contributed by atoms with E-state index in [1.54, 1.807) is 18.2 Å². The second-order valence-corrected chi connectivity index (χ2v) is 3.21. The second kappa shape index (κ2) is 4.48. The van der Waals surface area contributed by atoms with Gasteiger partial charge in [-0.05, 0) is 18.2 Å². The average molecular weight is 231 g/mol. The number of carboxylic acid groups (broad SMARTS) is 1. The molecule has 0 unspecified atom stereocenters. The first-order valence-electron chi connectivity index (χ1n) is 4.78. The van der Waals surface area contributed by atoms with Gasteiger partial charge in [-0.25, -0.2) is 14.8 Å². The summed E-state index contributed by atoms with van der Waals surface area (Å²) in [6.45, 7) is 0. The maximum absolute atomic E-state index is 10.7. The van der Waals surface area contributed by atoms with E-state index in [0.29, 0.717) is 5.69 Å². The number of aromatic carboxylic acids is 1. The molecular weight excluding hydrogens is 222 g/mol. The van der Waals surface area contributed by atoms with Crippen LogP contribution in [0.5, 0.6) is 5.75 Å². The molecular formula is C11H9N3O3. The molecule has 6 nitrogen and oxygen atoms in total. The molecule has 0 atom stereocenters. The van der Waals surface area contributed by atoms with E-state index in [4.69, 9.17) is 5.11 Å². The van der Waals surface area contributed by atoms with Crippen LogP contribution in [0.25, 0.3) is 0 Å². The first kappa shape index (κ1) is 10.9. The number of phenolic OH excluding ortho intramolecular Hbond substituents is 1. The Morgan fingerprint density at radius 3 is 2.71 bits per heavy atom. The number of para-hydroxylation sites is 2. The maximum Gasteiger partial charge on any atom is 0.354 e. The van der Waals surface area contributed by atoms with Gasteiger partial charge in [0.1, 0.15) is 5.75 Å². The van der Waals surface area contributed by atoms with E-state index in [1.807, 2.05) is 0 Å². The summed E-state index contributed by atoms with van der Waals surface area (Å²) in [5, 5.41) is 21.0. The molecule has 86 valence electrons. The zero-order valence-corrected chi connectivity index (χ0v) is 8.66. The third-order valence-corrected chi connectivity index (χ3v) is 2.03. The number of rotatable bonds is 3. The predicted molar refractivity (Wildman–Crippen MR) is 60.4 cm³/mol. The average Bonchev–Trinajstić information content (AvgIpc) is 2.32. The van der Waals surface area contributed by atoms with Crippen molar-refractivity contribution in [2.75, 3.05) is 5.32 Å². The van der Waals surface area contributed by atoms with Gasteiger partial charge in [0, 0.05) is 6.20 Å². The van der Waals surface area contributed by atoms with Crippen LogP contribution in [0.1, 0.15) is 10.5 Å². The van der Waals surface area contributed by atoms with Crippen molar-refractivity contribution in [3.63, 3.8) is 0 Å². The van der Waals surface area contributed by atoms with Gasteiger partial charge in [0.25, 0.3) is 0 Å². The molecule has 0 spiro atoms. The number of aromatic hydroxyl groups is 1. The summed E-state index contributed by atoms with van der Waals surface area (Å²) in [6, 6.07) is 7.83. The molecule has 3 N–H and O–H groups in total. The van der Waals surface area contributed by atoms with Gasteiger partial charge in [0.05, 0.1) is 5.69 Å². The molecule has 0 aliphatic carbocycles. The van der Waals surface area contributed by atoms with Crippen LogP contribution in [0.4, 0.5) is 11.6 Å². The lowest BCUT2D eigenvalue weighted by atomic mass is 10.3. The summed E-state index contributed by atoms with van der Waals surface area (Å²) in [6.07, 6.45) is 1.33. The Morgan fingerprint density at radius 2 is 2.00 bits per heavy atom. The molecule has 1 heterocycles. The maximum atomic E-state index is 10.7. The van der Waals surface area contributed by atoms with E-state index in [2.05, 4.69) is 15.3 Å². The van der Waals surface area contributed by atoms with Crippen LogP contribution in [-0.4, -0.2) is 26.2 Å². The minimum absolute atomic E-state index is 0.0387. The van der Waals surface area contributed by atoms with Gasteiger partial charge in [-0.2, -0.15) is 0 Å². The zero-order valence-electron chi connectivity index (χ0n) is 8.66. The number of carbonyl (C=O) groups is 1. The first-order valence-corrected chi connectivity index (χ1v) is 4.78. The fraction of sp³-hybridized carbons (Fsp3) is 0. The summed E-state index contributed by atoms with van der Waals surface area (Å²) < 4.78 is 0. The topological polar surface area (TPSA) is 95.3 Å². The Bertz CT molecular complexity index is 557. The SMILES string of the molecule is O=C(O)c1ccnc(Nc2ccccc2O)n1. The molecule has 1 aromatic heterocycles. The van der Waals surface area contributed by atoms with Gasteiger partial charge in [-0.1, -0.05) is 12.1 Å². The summed E-state index contributed by atoms with van der Waals surface area (Å²) in [7, 11) is 0. The van der Waals surface area contributed by atoms with E-state index < -0.39 is 5.97 Å². The summed E-state index contributed by atoms with van der Waals surface area (Å²) in [5.41, 5.74) is 0.299. The van der Waals surface area contributed by atoms with Crippen molar-refractivity contribution in [1.82, 2.24) is 9.97 Å². The van der Waals surface area contributed by atoms with E-state index in [1.165, 1.54) is 18.3 Å². The number of anilines is 2. The molecule has 2 aromatic rings. The molecule has 0 radical (unpaired) electrons. The molecule has 0 amide bonds. The number of aromatic nitrogens is 2. The van der Waals surface area contributed by atoms with Crippen LogP contribution in [0, 0.1) is 0 Å². The molecule has 0 aliphatic heterocycles. The quantitative estimate of drug-likeness (QED) is 0.695. The number of nitrogens with one attached hydrogen (secondary N) is 1. The molecule has 0 aliphatic rings. The van der Waals surface area contributed by atoms with E-state index in [-0.39, 0.29) is 17.4 Å². The molecule has 0 saturated heterocycles. The summed E-state index contributed by atoms with van der Waals surface area (Å²) in [5.74, 6) is -0.976. The van der Waals surface area contributed by atoms with Gasteiger partial charge < -0.3 is 15.5 Å². The highest BCUT2D eigenvalue weighted by atomic mass is 16.4. The number of hydrogen-bond acceptors (Lipinski definition) is 5. The van der Waals surface area contributed by atoms with E-state index >= 15 is 0 Å². The molecule has 1 aromatic carbocycles. The van der Waals surface area contributed by atoms with Crippen LogP contribution >= 0.6 is 0 Å². The highest BCUT2D eigenvalue weighted by Gasteiger charge is 2.07. The molecule has 17 heavy (non-hydrogen) atoms. The normalized spacial score (nSPS) is 9.88. The van der Waals surface area contributed by atoms with Crippen LogP contribution < -0.4 is 5.32 Å². The van der Waals surface area contributed by atoms with Crippen LogP contribution in [0.3, 0.4) is 0 Å². The fourth-order valence-corrected chi connectivity index (χ4v) is 1.24. The number of nitrogens with zero attached hydrogens (tertiary/aromatic N) is 2. The second-order valence-electron chi connectivity index (χ2n) is 3.21. The number of hydrogen-bond donors (Lipinski definition) is 3. The fourth-order valence-electron chi connectivity index (χ4n) is 1.24. The Morgan fingerprint density at radius 1 is 1.24 bits per heavy atom. The van der Waals surface area contributed by atoms with Crippen LogP contribution in [0.2, 0.25) is 0 Å². The lowest BCUT2D eigenvalue weighted by Crippen LogP contribution is -2.04. The molecule has 2 rings (SSSR count). The van der Waals surface area contributed by atoms with Crippen molar-refractivity contribution >= 4 is 17.6 Å². The Labute approximate surface area is 96.6 Å². The smallest absolute Gasteiger partial charge is 0.354 e. The van der Waals surface area contributed by atoms with Crippen molar-refractivity contribution in [2.24, 2.45) is 0 Å². The van der Waals surface area contributed by atoms with E-state index in [9.17, 15) is 9.90 Å². The van der Waals surface area contributed by atoms with Crippen molar-refractivity contribution in [1.29, 1.82) is 0 Å². The predicted octanol–water partition coefficient (Wildman–Crippen LogP) is 1.62. The summed E-state index contributed by atoms with van der Waals surface area (Å²) >= 11 is 0. The lowest BCUT2D eigenvalue weighted by Gasteiger charge is -2.06. The molecule has 0 saturated carbocycles. The highest BCUT2D eigenvalue weighted by Crippen LogP contribution is 2.23. The lowest BCUT2D eigenvalue weighted by molar-refractivity contribution is 0.0690. The minimum Gasteiger partial charge on any atom is -0.506 e. The monoisotopic (exact) mass is 231 g/mol. The number of carboxylic acids is 1. The first-order chi connectivity index (χ1) is 8.16. The highest BCUT2D eigenvalue weighted by molar-refractivity contribution is 5.85. The van der Waals surface area contributed by atoms with Gasteiger partial charge in [-0.15, -0.1) is 0 Å². The largest absolute Gasteiger partial charge is 0.506 e. The van der Waals surface area contributed by atoms with Gasteiger partial charge in [-0.3, -0.25) is 0 Å². The third-order valence-electron chi connectivity index (χ3n) is 2.03. The summed E-state index contributed by atoms with van der Waals surface area (Å²) in [4.78, 5) is 18.3. The van der Waals surface area contributed by atoms with Gasteiger partial charge in [0.15, 0.2) is 5.69 Å². The van der Waals surface area contributed by atoms with Crippen LogP contribution in [-0.2, 0) is 0 Å². The number of benzene rings is 1. The van der Waals surface area contributed by atoms with Crippen molar-refractivity contribution in [2.45, 2.75) is 0 Å². The standard InChI is InChI=1S/C11H9N3O3/c15-9-4-2-1-3-7(9)13-11-12-6-5-8(14-11)10(16)17/h1-6,15H,(H,16,17)(H,12,13,14). The Balaban J connectivity index is 2.28. The zero-order chi connectivity index (χ0) is 12.3. The number of phenols is 1.